The van der Waals surface area contributed by atoms with Gasteiger partial charge in [0.2, 0.25) is 21.8 Å². The monoisotopic (exact) mass is 449 g/mol. The van der Waals surface area contributed by atoms with Gasteiger partial charge < -0.3 is 16.0 Å². The van der Waals surface area contributed by atoms with E-state index in [0.29, 0.717) is 11.4 Å². The summed E-state index contributed by atoms with van der Waals surface area (Å²) in [5, 5.41) is 18.9. The minimum absolute atomic E-state index is 0.0562. The summed E-state index contributed by atoms with van der Waals surface area (Å²) in [5.74, 6) is -0.835. The lowest BCUT2D eigenvalue weighted by Crippen LogP contribution is -2.45. The molecule has 0 aromatic heterocycles. The van der Waals surface area contributed by atoms with Crippen LogP contribution in [0.15, 0.2) is 53.4 Å². The van der Waals surface area contributed by atoms with Crippen molar-refractivity contribution in [2.75, 3.05) is 23.7 Å². The van der Waals surface area contributed by atoms with Gasteiger partial charge in [0, 0.05) is 31.8 Å². The molecule has 0 saturated carbocycles. The molecule has 0 saturated heterocycles. The molecular weight excluding hydrogens is 426 g/mol. The van der Waals surface area contributed by atoms with E-state index in [1.165, 1.54) is 44.2 Å². The molecule has 0 fully saturated rings. The zero-order chi connectivity index (χ0) is 23.0. The first-order valence-corrected chi connectivity index (χ1v) is 10.7. The molecule has 2 amide bonds. The van der Waals surface area contributed by atoms with Gasteiger partial charge in [-0.05, 0) is 37.3 Å². The van der Waals surface area contributed by atoms with Crippen molar-refractivity contribution in [2.45, 2.75) is 24.8 Å². The Kier molecular flexibility index (Phi) is 8.05. The maximum atomic E-state index is 12.4. The molecule has 31 heavy (non-hydrogen) atoms. The second-order valence-electron chi connectivity index (χ2n) is 6.54. The lowest BCUT2D eigenvalue weighted by atomic mass is 10.2. The highest BCUT2D eigenvalue weighted by Gasteiger charge is 2.22. The van der Waals surface area contributed by atoms with Crippen LogP contribution >= 0.6 is 0 Å². The molecule has 0 aliphatic carbocycles. The Balaban J connectivity index is 1.86. The number of nitrogens with zero attached hydrogens (tertiary/aromatic N) is 1. The molecule has 0 spiro atoms. The van der Waals surface area contributed by atoms with Crippen LogP contribution in [0, 0.1) is 10.1 Å². The van der Waals surface area contributed by atoms with Crippen LogP contribution in [0.25, 0.3) is 0 Å². The SMILES string of the molecule is CC(=O)Nc1ccc(S(=O)(=O)N[C@@H](C)C(=O)NCCNc2ccccc2[N+](=O)[O-])cc1. The Bertz CT molecular complexity index is 1060. The molecule has 0 heterocycles. The minimum Gasteiger partial charge on any atom is -0.378 e. The van der Waals surface area contributed by atoms with Crippen LogP contribution in [0.2, 0.25) is 0 Å². The van der Waals surface area contributed by atoms with E-state index < -0.39 is 26.9 Å². The Morgan fingerprint density at radius 2 is 1.71 bits per heavy atom. The lowest BCUT2D eigenvalue weighted by molar-refractivity contribution is -0.384. The third-order valence-corrected chi connectivity index (χ3v) is 5.61. The number of amides is 2. The molecular formula is C19H23N5O6S. The number of nitro benzene ring substituents is 1. The number of para-hydroxylation sites is 2. The first-order chi connectivity index (χ1) is 14.6. The summed E-state index contributed by atoms with van der Waals surface area (Å²) in [6, 6.07) is 10.6. The lowest BCUT2D eigenvalue weighted by Gasteiger charge is -2.15. The molecule has 12 heteroatoms. The number of carbonyl (C=O) groups excluding carboxylic acids is 2. The standard InChI is InChI=1S/C19H23N5O6S/c1-13(23-31(29,30)16-9-7-15(8-10-16)22-14(2)25)19(26)21-12-11-20-17-5-3-4-6-18(17)24(27)28/h3-10,13,20,23H,11-12H2,1-2H3,(H,21,26)(H,22,25)/t13-/m0/s1. The first-order valence-electron chi connectivity index (χ1n) is 9.25. The summed E-state index contributed by atoms with van der Waals surface area (Å²) in [5.41, 5.74) is 0.682. The first kappa shape index (κ1) is 23.8. The van der Waals surface area contributed by atoms with E-state index in [9.17, 15) is 28.1 Å². The highest BCUT2D eigenvalue weighted by Crippen LogP contribution is 2.22. The highest BCUT2D eigenvalue weighted by molar-refractivity contribution is 7.89. The quantitative estimate of drug-likeness (QED) is 0.243. The third-order valence-electron chi connectivity index (χ3n) is 4.05. The van der Waals surface area contributed by atoms with Gasteiger partial charge in [0.25, 0.3) is 5.69 Å². The van der Waals surface area contributed by atoms with Crippen molar-refractivity contribution >= 4 is 38.9 Å². The summed E-state index contributed by atoms with van der Waals surface area (Å²) in [6.07, 6.45) is 0. The molecule has 0 radical (unpaired) electrons. The summed E-state index contributed by atoms with van der Waals surface area (Å²) < 4.78 is 27.2. The fourth-order valence-corrected chi connectivity index (χ4v) is 3.80. The second kappa shape index (κ2) is 10.5. The van der Waals surface area contributed by atoms with Gasteiger partial charge in [-0.2, -0.15) is 4.72 Å². The Hall–Kier alpha value is -3.51. The summed E-state index contributed by atoms with van der Waals surface area (Å²) in [7, 11) is -3.95. The fraction of sp³-hybridized carbons (Fsp3) is 0.263. The van der Waals surface area contributed by atoms with Crippen LogP contribution in [-0.2, 0) is 19.6 Å². The van der Waals surface area contributed by atoms with E-state index in [4.69, 9.17) is 0 Å². The number of hydrogen-bond donors (Lipinski definition) is 4. The van der Waals surface area contributed by atoms with Gasteiger partial charge in [-0.3, -0.25) is 19.7 Å². The van der Waals surface area contributed by atoms with Gasteiger partial charge in [-0.15, -0.1) is 0 Å². The fourth-order valence-electron chi connectivity index (χ4n) is 2.59. The maximum absolute atomic E-state index is 12.4. The summed E-state index contributed by atoms with van der Waals surface area (Å²) in [6.45, 7) is 3.07. The average molecular weight is 449 g/mol. The van der Waals surface area contributed by atoms with Crippen molar-refractivity contribution < 1.29 is 22.9 Å². The number of anilines is 2. The van der Waals surface area contributed by atoms with Gasteiger partial charge in [0.05, 0.1) is 15.9 Å². The number of nitro groups is 1. The van der Waals surface area contributed by atoms with Crippen molar-refractivity contribution in [3.63, 3.8) is 0 Å². The molecule has 166 valence electrons. The predicted molar refractivity (Wildman–Crippen MR) is 115 cm³/mol. The molecule has 0 unspecified atom stereocenters. The molecule has 4 N–H and O–H groups in total. The van der Waals surface area contributed by atoms with E-state index in [1.54, 1.807) is 18.2 Å². The van der Waals surface area contributed by atoms with Crippen LogP contribution in [0.5, 0.6) is 0 Å². The summed E-state index contributed by atoms with van der Waals surface area (Å²) >= 11 is 0. The van der Waals surface area contributed by atoms with Crippen LogP contribution in [0.3, 0.4) is 0 Å². The van der Waals surface area contributed by atoms with Crippen molar-refractivity contribution in [1.29, 1.82) is 0 Å². The number of benzene rings is 2. The van der Waals surface area contributed by atoms with E-state index in [0.717, 1.165) is 0 Å². The molecule has 1 atom stereocenters. The molecule has 2 aromatic carbocycles. The number of carbonyl (C=O) groups is 2. The third kappa shape index (κ3) is 7.04. The Morgan fingerprint density at radius 3 is 2.32 bits per heavy atom. The predicted octanol–water partition coefficient (Wildman–Crippen LogP) is 1.45. The smallest absolute Gasteiger partial charge is 0.292 e. The Morgan fingerprint density at radius 1 is 1.06 bits per heavy atom. The highest BCUT2D eigenvalue weighted by atomic mass is 32.2. The number of sulfonamides is 1. The van der Waals surface area contributed by atoms with Gasteiger partial charge >= 0.3 is 0 Å². The van der Waals surface area contributed by atoms with Crippen LogP contribution in [0.1, 0.15) is 13.8 Å². The van der Waals surface area contributed by atoms with E-state index >= 15 is 0 Å². The summed E-state index contributed by atoms with van der Waals surface area (Å²) in [4.78, 5) is 33.6. The van der Waals surface area contributed by atoms with Crippen LogP contribution in [-0.4, -0.2) is 44.3 Å². The van der Waals surface area contributed by atoms with Crippen molar-refractivity contribution in [3.05, 3.63) is 58.6 Å². The molecule has 11 nitrogen and oxygen atoms in total. The zero-order valence-electron chi connectivity index (χ0n) is 16.9. The zero-order valence-corrected chi connectivity index (χ0v) is 17.7. The largest absolute Gasteiger partial charge is 0.378 e. The van der Waals surface area contributed by atoms with Gasteiger partial charge in [0.1, 0.15) is 5.69 Å². The van der Waals surface area contributed by atoms with Gasteiger partial charge in [-0.1, -0.05) is 12.1 Å². The van der Waals surface area contributed by atoms with Crippen molar-refractivity contribution in [3.8, 4) is 0 Å². The molecule has 2 aromatic rings. The number of rotatable bonds is 10. The molecule has 0 aliphatic heterocycles. The normalized spacial score (nSPS) is 11.9. The van der Waals surface area contributed by atoms with E-state index in [1.807, 2.05) is 0 Å². The number of nitrogens with one attached hydrogen (secondary N) is 4. The molecule has 0 aliphatic rings. The Labute approximate surface area is 179 Å². The maximum Gasteiger partial charge on any atom is 0.292 e. The molecule has 2 rings (SSSR count). The van der Waals surface area contributed by atoms with Gasteiger partial charge in [0.15, 0.2) is 0 Å². The van der Waals surface area contributed by atoms with Crippen molar-refractivity contribution in [2.24, 2.45) is 0 Å². The molecule has 0 bridgehead atoms. The number of hydrogen-bond acceptors (Lipinski definition) is 7. The van der Waals surface area contributed by atoms with Crippen LogP contribution < -0.4 is 20.7 Å². The second-order valence-corrected chi connectivity index (χ2v) is 8.25. The minimum atomic E-state index is -3.95. The van der Waals surface area contributed by atoms with Crippen molar-refractivity contribution in [1.82, 2.24) is 10.0 Å². The van der Waals surface area contributed by atoms with E-state index in [-0.39, 0.29) is 29.6 Å². The van der Waals surface area contributed by atoms with Crippen LogP contribution in [0.4, 0.5) is 17.1 Å². The van der Waals surface area contributed by atoms with E-state index in [2.05, 4.69) is 20.7 Å². The van der Waals surface area contributed by atoms with Gasteiger partial charge in [-0.25, -0.2) is 8.42 Å². The topological polar surface area (TPSA) is 160 Å². The average Bonchev–Trinajstić information content (AvgIpc) is 2.70.